The van der Waals surface area contributed by atoms with Crippen LogP contribution in [0.15, 0.2) is 41.4 Å². The third kappa shape index (κ3) is 6.19. The Bertz CT molecular complexity index is 1060. The first-order valence-electron chi connectivity index (χ1n) is 10.0. The van der Waals surface area contributed by atoms with E-state index in [1.165, 1.54) is 25.1 Å². The van der Waals surface area contributed by atoms with Gasteiger partial charge < -0.3 is 10.1 Å². The zero-order valence-corrected chi connectivity index (χ0v) is 18.4. The number of halogens is 3. The van der Waals surface area contributed by atoms with Gasteiger partial charge in [0.2, 0.25) is 21.8 Å². The molecule has 7 nitrogen and oxygen atoms in total. The first-order valence-corrected chi connectivity index (χ1v) is 11.5. The second-order valence-electron chi connectivity index (χ2n) is 7.76. The Hall–Kier alpha value is -2.66. The van der Waals surface area contributed by atoms with Crippen molar-refractivity contribution in [3.05, 3.63) is 47.7 Å². The zero-order valence-electron chi connectivity index (χ0n) is 17.6. The van der Waals surface area contributed by atoms with E-state index < -0.39 is 21.8 Å². The van der Waals surface area contributed by atoms with Gasteiger partial charge in [0.1, 0.15) is 6.10 Å². The Morgan fingerprint density at radius 2 is 1.81 bits per heavy atom. The van der Waals surface area contributed by atoms with E-state index in [4.69, 9.17) is 4.74 Å². The smallest absolute Gasteiger partial charge is 0.417 e. The van der Waals surface area contributed by atoms with Crippen molar-refractivity contribution in [2.24, 2.45) is 0 Å². The summed E-state index contributed by atoms with van der Waals surface area (Å²) >= 11 is 0. The lowest BCUT2D eigenvalue weighted by atomic mass is 9.94. The van der Waals surface area contributed by atoms with Crippen LogP contribution in [0.4, 0.5) is 18.9 Å². The molecule has 1 heterocycles. The third-order valence-corrected chi connectivity index (χ3v) is 6.81. The molecule has 0 bridgehead atoms. The molecule has 1 aliphatic rings. The normalized spacial score (nSPS) is 19.4. The number of sulfonamides is 1. The van der Waals surface area contributed by atoms with E-state index in [1.807, 2.05) is 0 Å². The van der Waals surface area contributed by atoms with E-state index in [9.17, 15) is 26.4 Å². The molecular weight excluding hydrogens is 447 g/mol. The molecule has 0 aliphatic heterocycles. The second kappa shape index (κ2) is 9.45. The van der Waals surface area contributed by atoms with Crippen LogP contribution in [-0.2, 0) is 21.0 Å². The second-order valence-corrected chi connectivity index (χ2v) is 9.44. The minimum Gasteiger partial charge on any atom is -0.474 e. The molecule has 1 aromatic carbocycles. The number of nitrogens with one attached hydrogen (secondary N) is 2. The van der Waals surface area contributed by atoms with E-state index in [-0.39, 0.29) is 28.8 Å². The molecule has 0 unspecified atom stereocenters. The van der Waals surface area contributed by atoms with E-state index in [0.29, 0.717) is 36.9 Å². The number of alkyl halides is 3. The lowest BCUT2D eigenvalue weighted by molar-refractivity contribution is -0.137. The average molecular weight is 472 g/mol. The van der Waals surface area contributed by atoms with Crippen molar-refractivity contribution >= 4 is 21.6 Å². The van der Waals surface area contributed by atoms with Gasteiger partial charge in [-0.1, -0.05) is 0 Å². The summed E-state index contributed by atoms with van der Waals surface area (Å²) in [6.07, 6.45) is -1.86. The molecule has 0 radical (unpaired) electrons. The molecule has 174 valence electrons. The number of aryl methyl sites for hydroxylation is 1. The van der Waals surface area contributed by atoms with Crippen LogP contribution in [0.5, 0.6) is 5.88 Å². The molecule has 0 atom stereocenters. The van der Waals surface area contributed by atoms with Gasteiger partial charge in [0.25, 0.3) is 0 Å². The Balaban J connectivity index is 1.55. The van der Waals surface area contributed by atoms with Crippen molar-refractivity contribution in [2.75, 3.05) is 5.32 Å². The van der Waals surface area contributed by atoms with E-state index >= 15 is 0 Å². The number of hydrogen-bond donors (Lipinski definition) is 2. The lowest BCUT2D eigenvalue weighted by Crippen LogP contribution is -2.39. The Labute approximate surface area is 184 Å². The first-order chi connectivity index (χ1) is 14.9. The van der Waals surface area contributed by atoms with Crippen LogP contribution in [0.2, 0.25) is 0 Å². The molecular formula is C21H24F3N3O4S. The molecule has 32 heavy (non-hydrogen) atoms. The Morgan fingerprint density at radius 1 is 1.12 bits per heavy atom. The largest absolute Gasteiger partial charge is 0.474 e. The number of aromatic nitrogens is 1. The van der Waals surface area contributed by atoms with Gasteiger partial charge in [-0.05, 0) is 62.4 Å². The molecule has 0 saturated heterocycles. The monoisotopic (exact) mass is 471 g/mol. The van der Waals surface area contributed by atoms with Crippen molar-refractivity contribution in [3.63, 3.8) is 0 Å². The maximum Gasteiger partial charge on any atom is 0.417 e. The predicted octanol–water partition coefficient (Wildman–Crippen LogP) is 4.04. The van der Waals surface area contributed by atoms with E-state index in [1.54, 1.807) is 13.0 Å². The van der Waals surface area contributed by atoms with Crippen LogP contribution in [0.25, 0.3) is 0 Å². The highest BCUT2D eigenvalue weighted by Gasteiger charge is 2.31. The summed E-state index contributed by atoms with van der Waals surface area (Å²) in [7, 11) is -3.75. The molecule has 11 heteroatoms. The summed E-state index contributed by atoms with van der Waals surface area (Å²) < 4.78 is 71.8. The molecule has 2 aromatic rings. The maximum atomic E-state index is 12.8. The Morgan fingerprint density at radius 3 is 2.34 bits per heavy atom. The van der Waals surface area contributed by atoms with Gasteiger partial charge in [-0.25, -0.2) is 18.1 Å². The average Bonchev–Trinajstić information content (AvgIpc) is 2.68. The fourth-order valence-corrected chi connectivity index (χ4v) is 5.13. The predicted molar refractivity (Wildman–Crippen MR) is 112 cm³/mol. The molecule has 3 rings (SSSR count). The fourth-order valence-electron chi connectivity index (χ4n) is 3.60. The van der Waals surface area contributed by atoms with Gasteiger partial charge in [0, 0.05) is 30.9 Å². The molecule has 2 N–H and O–H groups in total. The number of nitrogens with zero attached hydrogens (tertiary/aromatic N) is 1. The maximum absolute atomic E-state index is 12.8. The minimum atomic E-state index is -4.45. The van der Waals surface area contributed by atoms with Crippen molar-refractivity contribution < 1.29 is 31.1 Å². The summed E-state index contributed by atoms with van der Waals surface area (Å²) in [5.74, 6) is -0.138. The van der Waals surface area contributed by atoms with Crippen molar-refractivity contribution in [1.29, 1.82) is 0 Å². The highest BCUT2D eigenvalue weighted by Crippen LogP contribution is 2.30. The minimum absolute atomic E-state index is 0.108. The molecule has 1 amide bonds. The number of hydrogen-bond acceptors (Lipinski definition) is 5. The van der Waals surface area contributed by atoms with Crippen molar-refractivity contribution in [3.8, 4) is 5.88 Å². The number of ether oxygens (including phenoxy) is 1. The van der Waals surface area contributed by atoms with Crippen LogP contribution < -0.4 is 14.8 Å². The van der Waals surface area contributed by atoms with Crippen molar-refractivity contribution in [1.82, 2.24) is 9.71 Å². The summed E-state index contributed by atoms with van der Waals surface area (Å²) in [5.41, 5.74) is 0.181. The van der Waals surface area contributed by atoms with Gasteiger partial charge in [-0.3, -0.25) is 4.79 Å². The third-order valence-electron chi connectivity index (χ3n) is 5.13. The zero-order chi connectivity index (χ0) is 23.5. The lowest BCUT2D eigenvalue weighted by Gasteiger charge is -2.29. The number of pyridine rings is 1. The summed E-state index contributed by atoms with van der Waals surface area (Å²) in [5, 5.41) is 2.61. The SMILES string of the molecule is CC(=O)Nc1ccc(S(=O)(=O)NC2CCC(Oc3ccc(C(F)(F)F)cn3)CC2)c(C)c1. The highest BCUT2D eigenvalue weighted by molar-refractivity contribution is 7.89. The molecule has 1 fully saturated rings. The number of carbonyl (C=O) groups excluding carboxylic acids is 1. The fraction of sp³-hybridized carbons (Fsp3) is 0.429. The van der Waals surface area contributed by atoms with E-state index in [0.717, 1.165) is 12.3 Å². The van der Waals surface area contributed by atoms with Crippen LogP contribution in [0.1, 0.15) is 43.7 Å². The number of benzene rings is 1. The van der Waals surface area contributed by atoms with Crippen molar-refractivity contribution in [2.45, 2.75) is 62.7 Å². The summed E-state index contributed by atoms with van der Waals surface area (Å²) in [6.45, 7) is 3.02. The first kappa shape index (κ1) is 24.0. The Kier molecular flexibility index (Phi) is 7.09. The summed E-state index contributed by atoms with van der Waals surface area (Å²) in [6, 6.07) is 6.40. The molecule has 0 spiro atoms. The number of anilines is 1. The van der Waals surface area contributed by atoms with Gasteiger partial charge in [0.05, 0.1) is 10.5 Å². The van der Waals surface area contributed by atoms with Gasteiger partial charge in [-0.15, -0.1) is 0 Å². The summed E-state index contributed by atoms with van der Waals surface area (Å²) in [4.78, 5) is 15.0. The number of rotatable bonds is 6. The number of carbonyl (C=O) groups is 1. The standard InChI is InChI=1S/C21H24F3N3O4S/c1-13-11-17(26-14(2)28)6-9-19(13)32(29,30)27-16-4-7-18(8-5-16)31-20-10-3-15(12-25-20)21(22,23)24/h3,6,9-12,16,18,27H,4-5,7-8H2,1-2H3,(H,26,28). The molecule has 1 saturated carbocycles. The molecule has 1 aromatic heterocycles. The molecule has 1 aliphatic carbocycles. The number of amides is 1. The van der Waals surface area contributed by atoms with Gasteiger partial charge in [-0.2, -0.15) is 13.2 Å². The topological polar surface area (TPSA) is 97.4 Å². The highest BCUT2D eigenvalue weighted by atomic mass is 32.2. The van der Waals surface area contributed by atoms with Crippen LogP contribution in [0.3, 0.4) is 0 Å². The van der Waals surface area contributed by atoms with Crippen LogP contribution in [-0.4, -0.2) is 31.5 Å². The van der Waals surface area contributed by atoms with Crippen LogP contribution >= 0.6 is 0 Å². The van der Waals surface area contributed by atoms with Crippen LogP contribution in [0, 0.1) is 6.92 Å². The van der Waals surface area contributed by atoms with Gasteiger partial charge >= 0.3 is 6.18 Å². The quantitative estimate of drug-likeness (QED) is 0.663. The van der Waals surface area contributed by atoms with E-state index in [2.05, 4.69) is 15.0 Å². The van der Waals surface area contributed by atoms with Gasteiger partial charge in [0.15, 0.2) is 0 Å².